The summed E-state index contributed by atoms with van der Waals surface area (Å²) in [6, 6.07) is 30.7. The van der Waals surface area contributed by atoms with E-state index in [2.05, 4.69) is 53.6 Å². The van der Waals surface area contributed by atoms with E-state index in [1.807, 2.05) is 56.3 Å². The third kappa shape index (κ3) is 5.87. The van der Waals surface area contributed by atoms with Crippen molar-refractivity contribution in [2.45, 2.75) is 76.0 Å². The van der Waals surface area contributed by atoms with Crippen molar-refractivity contribution in [1.29, 1.82) is 0 Å². The zero-order valence-corrected chi connectivity index (χ0v) is 23.4. The van der Waals surface area contributed by atoms with Gasteiger partial charge < -0.3 is 23.7 Å². The van der Waals surface area contributed by atoms with Crippen LogP contribution < -0.4 is 0 Å². The molecule has 0 aromatic heterocycles. The van der Waals surface area contributed by atoms with Crippen molar-refractivity contribution in [3.8, 4) is 0 Å². The van der Waals surface area contributed by atoms with E-state index in [0.29, 0.717) is 26.4 Å². The average molecular weight is 546 g/mol. The molecule has 0 spiro atoms. The van der Waals surface area contributed by atoms with Crippen LogP contribution in [-0.4, -0.2) is 61.1 Å². The summed E-state index contributed by atoms with van der Waals surface area (Å²) in [7, 11) is 1.75. The molecule has 2 saturated heterocycles. The normalized spacial score (nSPS) is 31.4. The zero-order valence-electron chi connectivity index (χ0n) is 23.4. The van der Waals surface area contributed by atoms with Crippen LogP contribution in [0.15, 0.2) is 91.0 Å². The summed E-state index contributed by atoms with van der Waals surface area (Å²) in [5.41, 5.74) is 3.37. The van der Waals surface area contributed by atoms with Crippen LogP contribution in [0.3, 0.4) is 0 Å². The molecule has 3 aromatic carbocycles. The molecule has 212 valence electrons. The first-order valence-corrected chi connectivity index (χ1v) is 14.2. The number of ether oxygens (including phenoxy) is 5. The fraction of sp³-hybridized carbons (Fsp3) is 0.455. The van der Waals surface area contributed by atoms with Crippen molar-refractivity contribution >= 4 is 0 Å². The van der Waals surface area contributed by atoms with Crippen LogP contribution in [-0.2, 0) is 48.3 Å². The smallest absolute Gasteiger partial charge is 0.164 e. The molecule has 0 bridgehead atoms. The molecule has 0 unspecified atom stereocenters. The van der Waals surface area contributed by atoms with Gasteiger partial charge in [0.05, 0.1) is 32.0 Å². The maximum Gasteiger partial charge on any atom is 0.164 e. The quantitative estimate of drug-likeness (QED) is 0.369. The lowest BCUT2D eigenvalue weighted by molar-refractivity contribution is -0.208. The van der Waals surface area contributed by atoms with E-state index < -0.39 is 11.9 Å². The minimum Gasteiger partial charge on any atom is -0.377 e. The third-order valence-corrected chi connectivity index (χ3v) is 8.12. The number of hydrogen-bond acceptors (Lipinski definition) is 7. The second kappa shape index (κ2) is 12.1. The van der Waals surface area contributed by atoms with Gasteiger partial charge in [0.15, 0.2) is 5.79 Å². The first-order valence-electron chi connectivity index (χ1n) is 14.2. The third-order valence-electron chi connectivity index (χ3n) is 8.12. The van der Waals surface area contributed by atoms with Crippen molar-refractivity contribution in [3.05, 3.63) is 108 Å². The topological polar surface area (TPSA) is 58.6 Å². The summed E-state index contributed by atoms with van der Waals surface area (Å²) in [6.45, 7) is 5.93. The van der Waals surface area contributed by atoms with Crippen LogP contribution in [0.4, 0.5) is 0 Å². The number of hydrogen-bond donors (Lipinski definition) is 0. The van der Waals surface area contributed by atoms with Gasteiger partial charge in [-0.2, -0.15) is 5.06 Å². The van der Waals surface area contributed by atoms with Crippen molar-refractivity contribution in [2.75, 3.05) is 13.7 Å². The van der Waals surface area contributed by atoms with Crippen molar-refractivity contribution < 1.29 is 28.5 Å². The summed E-state index contributed by atoms with van der Waals surface area (Å²) in [6.07, 6.45) is -1.77. The number of hydroxylamine groups is 2. The predicted molar refractivity (Wildman–Crippen MR) is 150 cm³/mol. The molecule has 3 aromatic rings. The molecular formula is C33H39NO6. The van der Waals surface area contributed by atoms with E-state index in [1.54, 1.807) is 7.11 Å². The second-order valence-electron chi connectivity index (χ2n) is 11.3. The highest BCUT2D eigenvalue weighted by Gasteiger charge is 2.61. The average Bonchev–Trinajstić information content (AvgIpc) is 3.50. The lowest BCUT2D eigenvalue weighted by atomic mass is 9.90. The molecular weight excluding hydrogens is 506 g/mol. The summed E-state index contributed by atoms with van der Waals surface area (Å²) < 4.78 is 33.0. The highest BCUT2D eigenvalue weighted by atomic mass is 16.8. The summed E-state index contributed by atoms with van der Waals surface area (Å²) in [4.78, 5) is 6.41. The highest BCUT2D eigenvalue weighted by Crippen LogP contribution is 2.45. The number of benzene rings is 3. The van der Waals surface area contributed by atoms with E-state index >= 15 is 0 Å². The van der Waals surface area contributed by atoms with Crippen LogP contribution in [0.2, 0.25) is 0 Å². The van der Waals surface area contributed by atoms with Gasteiger partial charge in [0.2, 0.25) is 0 Å². The molecule has 7 atom stereocenters. The maximum atomic E-state index is 6.75. The van der Waals surface area contributed by atoms with Gasteiger partial charge in [-0.05, 0) is 30.5 Å². The minimum absolute atomic E-state index is 0.0206. The first kappa shape index (κ1) is 27.5. The summed E-state index contributed by atoms with van der Waals surface area (Å²) in [5, 5.41) is 2.05. The first-order chi connectivity index (χ1) is 19.5. The molecule has 0 amide bonds. The Bertz CT molecular complexity index is 1200. The van der Waals surface area contributed by atoms with E-state index in [4.69, 9.17) is 28.5 Å². The number of methoxy groups -OCH3 is 1. The van der Waals surface area contributed by atoms with Crippen LogP contribution >= 0.6 is 0 Å². The number of rotatable bonds is 9. The van der Waals surface area contributed by atoms with E-state index in [9.17, 15) is 0 Å². The van der Waals surface area contributed by atoms with Crippen LogP contribution in [0.25, 0.3) is 0 Å². The zero-order chi connectivity index (χ0) is 27.5. The summed E-state index contributed by atoms with van der Waals surface area (Å²) >= 11 is 0. The van der Waals surface area contributed by atoms with Gasteiger partial charge in [-0.1, -0.05) is 91.0 Å². The van der Waals surface area contributed by atoms with Gasteiger partial charge in [-0.15, -0.1) is 0 Å². The summed E-state index contributed by atoms with van der Waals surface area (Å²) in [5.74, 6) is -0.806. The number of nitrogens with zero attached hydrogens (tertiary/aromatic N) is 1. The second-order valence-corrected chi connectivity index (χ2v) is 11.3. The lowest BCUT2D eigenvalue weighted by Crippen LogP contribution is -2.52. The molecule has 3 aliphatic rings. The molecule has 1 saturated carbocycles. The molecule has 2 heterocycles. The Morgan fingerprint density at radius 3 is 1.75 bits per heavy atom. The Morgan fingerprint density at radius 2 is 1.20 bits per heavy atom. The van der Waals surface area contributed by atoms with Crippen molar-refractivity contribution in [1.82, 2.24) is 5.06 Å². The van der Waals surface area contributed by atoms with Gasteiger partial charge in [0, 0.05) is 19.6 Å². The fourth-order valence-corrected chi connectivity index (χ4v) is 6.36. The van der Waals surface area contributed by atoms with Crippen LogP contribution in [0.1, 0.15) is 30.5 Å². The maximum absolute atomic E-state index is 6.75. The Labute approximate surface area is 236 Å². The Hall–Kier alpha value is -2.62. The standard InChI is InChI=1S/C33H39NO6/c1-33(2)39-31-28(36-20-24-15-9-5-10-16-24)26-22-38-34(19-23-13-7-4-8-14-23)27(26)29(35-3)30(32(31)40-33)37-21-25-17-11-6-12-18-25/h4-18,26-32H,19-22H2,1-3H3/t26-,27-,28-,29-,30-,31-,32+/m1/s1. The number of fused-ring (bicyclic) bond motifs is 2. The molecule has 1 aliphatic carbocycles. The van der Waals surface area contributed by atoms with Crippen LogP contribution in [0.5, 0.6) is 0 Å². The van der Waals surface area contributed by atoms with Gasteiger partial charge in [0.25, 0.3) is 0 Å². The molecule has 7 heteroatoms. The monoisotopic (exact) mass is 545 g/mol. The largest absolute Gasteiger partial charge is 0.377 e. The van der Waals surface area contributed by atoms with E-state index in [1.165, 1.54) is 5.56 Å². The molecule has 0 N–H and O–H groups in total. The minimum atomic E-state index is -0.785. The lowest BCUT2D eigenvalue weighted by Gasteiger charge is -2.36. The Kier molecular flexibility index (Phi) is 8.32. The van der Waals surface area contributed by atoms with Gasteiger partial charge in [-0.25, -0.2) is 0 Å². The molecule has 7 nitrogen and oxygen atoms in total. The molecule has 3 fully saturated rings. The van der Waals surface area contributed by atoms with E-state index in [0.717, 1.165) is 11.1 Å². The molecule has 0 radical (unpaired) electrons. The van der Waals surface area contributed by atoms with E-state index in [-0.39, 0.29) is 36.4 Å². The van der Waals surface area contributed by atoms with Crippen molar-refractivity contribution in [3.63, 3.8) is 0 Å². The van der Waals surface area contributed by atoms with Gasteiger partial charge in [-0.3, -0.25) is 4.84 Å². The Balaban J connectivity index is 1.35. The van der Waals surface area contributed by atoms with Gasteiger partial charge in [0.1, 0.15) is 24.4 Å². The van der Waals surface area contributed by atoms with Gasteiger partial charge >= 0.3 is 0 Å². The highest BCUT2D eigenvalue weighted by molar-refractivity contribution is 5.17. The molecule has 6 rings (SSSR count). The van der Waals surface area contributed by atoms with Crippen molar-refractivity contribution in [2.24, 2.45) is 5.92 Å². The SMILES string of the molecule is CO[C@H]1[C@@H](OCc2ccccc2)[C@@H]2OC(C)(C)O[C@@H]2[C@H](OCc2ccccc2)[C@@H]2CON(Cc3ccccc3)[C@H]21. The van der Waals surface area contributed by atoms with Crippen LogP contribution in [0, 0.1) is 5.92 Å². The Morgan fingerprint density at radius 1 is 0.700 bits per heavy atom. The molecule has 2 aliphatic heterocycles. The molecule has 40 heavy (non-hydrogen) atoms. The fourth-order valence-electron chi connectivity index (χ4n) is 6.36. The predicted octanol–water partition coefficient (Wildman–Crippen LogP) is 5.14.